The van der Waals surface area contributed by atoms with E-state index in [1.54, 1.807) is 0 Å². The summed E-state index contributed by atoms with van der Waals surface area (Å²) in [4.78, 5) is 0. The molecule has 6 rings (SSSR count). The van der Waals surface area contributed by atoms with Crippen LogP contribution in [0.5, 0.6) is 0 Å². The van der Waals surface area contributed by atoms with Crippen molar-refractivity contribution in [3.05, 3.63) is 153 Å². The van der Waals surface area contributed by atoms with Crippen LogP contribution < -0.4 is 24.8 Å². The second kappa shape index (κ2) is 19.8. The van der Waals surface area contributed by atoms with E-state index in [-0.39, 0.29) is 46.5 Å². The number of allylic oxidation sites excluding steroid dienone is 4. The molecule has 0 radical (unpaired) electrons. The van der Waals surface area contributed by atoms with Crippen LogP contribution in [0.3, 0.4) is 0 Å². The molecule has 0 saturated carbocycles. The first-order valence-corrected chi connectivity index (χ1v) is 21.8. The second-order valence-electron chi connectivity index (χ2n) is 20.9. The fraction of sp³-hybridized carbons (Fsp3) is 0.463. The van der Waals surface area contributed by atoms with E-state index < -0.39 is 0 Å². The van der Waals surface area contributed by atoms with Crippen molar-refractivity contribution in [2.24, 2.45) is 11.3 Å². The van der Waals surface area contributed by atoms with E-state index >= 15 is 0 Å². The Morgan fingerprint density at radius 3 is 1.46 bits per heavy atom. The molecule has 0 bridgehead atoms. The number of halogens is 2. The van der Waals surface area contributed by atoms with E-state index in [1.807, 2.05) is 0 Å². The van der Waals surface area contributed by atoms with Crippen molar-refractivity contribution >= 4 is 3.21 Å². The fourth-order valence-electron chi connectivity index (χ4n) is 7.46. The van der Waals surface area contributed by atoms with Crippen LogP contribution in [0.15, 0.2) is 96.6 Å². The van der Waals surface area contributed by atoms with E-state index in [2.05, 4.69) is 214 Å². The van der Waals surface area contributed by atoms with Gasteiger partial charge in [-0.05, 0) is 39.4 Å². The third-order valence-corrected chi connectivity index (χ3v) is 12.1. The van der Waals surface area contributed by atoms with Gasteiger partial charge in [0.15, 0.2) is 0 Å². The third-order valence-electron chi connectivity index (χ3n) is 10.7. The van der Waals surface area contributed by atoms with Crippen LogP contribution in [-0.4, -0.2) is 3.21 Å². The molecule has 1 unspecified atom stereocenters. The molecule has 0 aromatic heterocycles. The molecule has 2 aliphatic rings. The monoisotopic (exact) mass is 878 g/mol. The van der Waals surface area contributed by atoms with Gasteiger partial charge in [0.2, 0.25) is 0 Å². The van der Waals surface area contributed by atoms with E-state index in [9.17, 15) is 0 Å². The molecule has 4 aromatic rings. The molecule has 306 valence electrons. The van der Waals surface area contributed by atoms with Crippen molar-refractivity contribution in [3.63, 3.8) is 0 Å². The van der Waals surface area contributed by atoms with Gasteiger partial charge in [-0.1, -0.05) is 158 Å². The summed E-state index contributed by atoms with van der Waals surface area (Å²) in [5.74, 6) is 0.587. The Hall–Kier alpha value is -2.31. The average molecular weight is 881 g/mol. The fourth-order valence-corrected chi connectivity index (χ4v) is 8.27. The molecule has 0 nitrogen and oxygen atoms in total. The van der Waals surface area contributed by atoms with Crippen LogP contribution in [0.1, 0.15) is 168 Å². The maximum atomic E-state index is 3.90. The summed E-state index contributed by atoms with van der Waals surface area (Å²) in [5.41, 5.74) is 16.4. The van der Waals surface area contributed by atoms with Crippen molar-refractivity contribution in [3.8, 4) is 11.1 Å². The first-order chi connectivity index (χ1) is 25.3. The predicted octanol–water partition coefficient (Wildman–Crippen LogP) is 8.81. The van der Waals surface area contributed by atoms with Gasteiger partial charge < -0.3 is 24.8 Å². The van der Waals surface area contributed by atoms with Crippen molar-refractivity contribution < 1.29 is 49.0 Å². The number of benzene rings is 4. The predicted molar refractivity (Wildman–Crippen MR) is 238 cm³/mol. The molecule has 0 amide bonds. The zero-order valence-electron chi connectivity index (χ0n) is 38.1. The summed E-state index contributed by atoms with van der Waals surface area (Å²) < 4.78 is 1.42. The minimum absolute atomic E-state index is 0. The third kappa shape index (κ3) is 13.3. The van der Waals surface area contributed by atoms with Gasteiger partial charge in [-0.3, -0.25) is 6.08 Å². The molecule has 0 saturated heterocycles. The number of rotatable bonds is 4. The van der Waals surface area contributed by atoms with E-state index in [0.717, 1.165) is 6.42 Å². The molecule has 0 spiro atoms. The molecule has 57 heavy (non-hydrogen) atoms. The van der Waals surface area contributed by atoms with Crippen LogP contribution in [0.25, 0.3) is 11.1 Å². The Labute approximate surface area is 377 Å². The Morgan fingerprint density at radius 2 is 1.05 bits per heavy atom. The molecule has 2 aliphatic carbocycles. The molecule has 0 aliphatic heterocycles. The standard InChI is InChI=1S/C29H41.C13H10.C12H19.2ClH.Zr/c1-26(2,3)22-14-18-13-19-15-23(27(4,5)6)25(29(10,11)12)17-21(19)20(18)16-24(22)28(7,8)9;1-3-7-12(8-4-1)11-13-9-5-2-6-10-13;1-5-6-10-7-8-11(9-10)12(2,3)4;;;/h14,16-17H,13H2,1-12H3;1-10H;8-10H,5-6H2,1-4H3;2*1H;/q-1;;-1;;;+2/p-2. The van der Waals surface area contributed by atoms with E-state index in [1.165, 1.54) is 101 Å². The Kier molecular flexibility index (Phi) is 17.7. The summed E-state index contributed by atoms with van der Waals surface area (Å²) in [6.07, 6.45) is 11.4. The normalized spacial score (nSPS) is 14.8. The molecule has 0 N–H and O–H groups in total. The van der Waals surface area contributed by atoms with Crippen LogP contribution in [0.2, 0.25) is 0 Å². The number of hydrogen-bond acceptors (Lipinski definition) is 0. The summed E-state index contributed by atoms with van der Waals surface area (Å²) in [6, 6.07) is 32.5. The van der Waals surface area contributed by atoms with E-state index in [4.69, 9.17) is 0 Å². The summed E-state index contributed by atoms with van der Waals surface area (Å²) in [5, 5.41) is 0. The average Bonchev–Trinajstić information content (AvgIpc) is 3.71. The molecule has 3 heteroatoms. The van der Waals surface area contributed by atoms with Crippen LogP contribution in [0.4, 0.5) is 0 Å². The summed E-state index contributed by atoms with van der Waals surface area (Å²) in [6.45, 7) is 37.0. The molecule has 0 fully saturated rings. The van der Waals surface area contributed by atoms with Gasteiger partial charge in [0.05, 0.1) is 0 Å². The topological polar surface area (TPSA) is 0 Å². The van der Waals surface area contributed by atoms with Gasteiger partial charge in [-0.15, -0.1) is 16.7 Å². The Bertz CT molecular complexity index is 1870. The van der Waals surface area contributed by atoms with Gasteiger partial charge in [0.1, 0.15) is 0 Å². The Balaban J connectivity index is 0.000000333. The van der Waals surface area contributed by atoms with Crippen molar-refractivity contribution in [1.29, 1.82) is 0 Å². The van der Waals surface area contributed by atoms with Crippen molar-refractivity contribution in [2.45, 2.75) is 152 Å². The van der Waals surface area contributed by atoms with Crippen LogP contribution in [-0.2, 0) is 52.3 Å². The maximum absolute atomic E-state index is 3.90. The number of hydrogen-bond donors (Lipinski definition) is 0. The minimum atomic E-state index is 0. The molecule has 0 heterocycles. The molecular weight excluding hydrogens is 811 g/mol. The summed E-state index contributed by atoms with van der Waals surface area (Å²) >= 11 is 1.46. The Morgan fingerprint density at radius 1 is 0.596 bits per heavy atom. The first kappa shape index (κ1) is 50.8. The molecule has 4 aromatic carbocycles. The second-order valence-corrected chi connectivity index (χ2v) is 22.1. The molecule has 1 atom stereocenters. The van der Waals surface area contributed by atoms with Gasteiger partial charge in [0.25, 0.3) is 0 Å². The van der Waals surface area contributed by atoms with Gasteiger partial charge >= 0.3 is 99.2 Å². The quantitative estimate of drug-likeness (QED) is 0.159. The van der Waals surface area contributed by atoms with E-state index in [0.29, 0.717) is 11.3 Å². The van der Waals surface area contributed by atoms with Gasteiger partial charge in [-0.25, -0.2) is 6.08 Å². The van der Waals surface area contributed by atoms with Crippen molar-refractivity contribution in [1.82, 2.24) is 0 Å². The first-order valence-electron chi connectivity index (χ1n) is 20.6. The zero-order valence-corrected chi connectivity index (χ0v) is 42.1. The number of fused-ring (bicyclic) bond motifs is 3. The van der Waals surface area contributed by atoms with Gasteiger partial charge in [-0.2, -0.15) is 29.3 Å². The zero-order chi connectivity index (χ0) is 41.1. The van der Waals surface area contributed by atoms with Crippen LogP contribution in [0, 0.1) is 23.5 Å². The van der Waals surface area contributed by atoms with Crippen LogP contribution >= 0.6 is 0 Å². The summed E-state index contributed by atoms with van der Waals surface area (Å²) in [7, 11) is 0. The van der Waals surface area contributed by atoms with Gasteiger partial charge in [0, 0.05) is 0 Å². The SMILES string of the molecule is CC(C)(C)c1[c-]c2c(cc1C(C)(C)C)-c1cc(C(C)(C)C)c(C(C)(C)C)cc1C2.CCCC1[C-]=CC(C(C)(C)C)=C1.[Cl-].[Cl-].[Zr+2]=[C](c1ccccc1)c1ccccc1. The van der Waals surface area contributed by atoms with Crippen molar-refractivity contribution in [2.75, 3.05) is 0 Å². The molecular formula is C54H70Cl2Zr-2.